The minimum atomic E-state index is -3.57. The van der Waals surface area contributed by atoms with E-state index in [4.69, 9.17) is 0 Å². The maximum absolute atomic E-state index is 12.2. The van der Waals surface area contributed by atoms with Gasteiger partial charge in [0, 0.05) is 31.0 Å². The Kier molecular flexibility index (Phi) is 8.13. The molecule has 0 aliphatic rings. The number of nitrogens with one attached hydrogen (secondary N) is 1. The molecule has 2 aromatic rings. The van der Waals surface area contributed by atoms with Crippen molar-refractivity contribution < 1.29 is 16.8 Å². The van der Waals surface area contributed by atoms with Crippen LogP contribution in [-0.2, 0) is 20.0 Å². The highest BCUT2D eigenvalue weighted by Crippen LogP contribution is 2.07. The van der Waals surface area contributed by atoms with Crippen molar-refractivity contribution in [2.24, 2.45) is 0 Å². The van der Waals surface area contributed by atoms with Crippen LogP contribution in [0.25, 0.3) is 12.2 Å². The molecule has 150 valence electrons. The molecule has 0 spiro atoms. The minimum absolute atomic E-state index is 0.143. The second-order valence-corrected chi connectivity index (χ2v) is 9.66. The molecule has 0 amide bonds. The van der Waals surface area contributed by atoms with E-state index in [2.05, 4.69) is 4.72 Å². The molecule has 0 aromatic heterocycles. The predicted octanol–water partition coefficient (Wildman–Crippen LogP) is 2.90. The lowest BCUT2D eigenvalue weighted by atomic mass is 10.2. The first-order chi connectivity index (χ1) is 13.3. The van der Waals surface area contributed by atoms with Crippen LogP contribution in [0.1, 0.15) is 17.5 Å². The summed E-state index contributed by atoms with van der Waals surface area (Å²) in [5, 5.41) is 2.25. The fourth-order valence-corrected chi connectivity index (χ4v) is 4.04. The number of hydrogen-bond donors (Lipinski definition) is 1. The van der Waals surface area contributed by atoms with Crippen LogP contribution in [-0.4, -0.2) is 41.3 Å². The second-order valence-electron chi connectivity index (χ2n) is 6.09. The van der Waals surface area contributed by atoms with Crippen molar-refractivity contribution in [3.8, 4) is 0 Å². The Hall–Kier alpha value is -2.26. The average molecular weight is 421 g/mol. The van der Waals surface area contributed by atoms with E-state index in [0.29, 0.717) is 6.42 Å². The number of nitrogens with zero attached hydrogens (tertiary/aromatic N) is 1. The first-order valence-corrected chi connectivity index (χ1v) is 11.8. The SMILES string of the molecule is CN(CCCNS(=O)(=O)/C=C/c1ccccc1)S(=O)(=O)/C=C/c1ccccc1. The van der Waals surface area contributed by atoms with Crippen molar-refractivity contribution in [1.82, 2.24) is 9.03 Å². The molecule has 0 saturated carbocycles. The molecular weight excluding hydrogens is 396 g/mol. The summed E-state index contributed by atoms with van der Waals surface area (Å²) < 4.78 is 52.0. The molecule has 2 rings (SSSR count). The van der Waals surface area contributed by atoms with Gasteiger partial charge in [0.05, 0.1) is 0 Å². The molecule has 0 aliphatic carbocycles. The van der Waals surface area contributed by atoms with E-state index >= 15 is 0 Å². The van der Waals surface area contributed by atoms with Crippen LogP contribution in [0.2, 0.25) is 0 Å². The Morgan fingerprint density at radius 3 is 1.86 bits per heavy atom. The molecule has 0 heterocycles. The smallest absolute Gasteiger partial charge is 0.212 e. The van der Waals surface area contributed by atoms with Gasteiger partial charge in [-0.3, -0.25) is 0 Å². The van der Waals surface area contributed by atoms with E-state index in [0.717, 1.165) is 21.9 Å². The summed E-state index contributed by atoms with van der Waals surface area (Å²) >= 11 is 0. The maximum Gasteiger partial charge on any atom is 0.235 e. The van der Waals surface area contributed by atoms with Gasteiger partial charge in [-0.2, -0.15) is 0 Å². The third-order valence-electron chi connectivity index (χ3n) is 3.86. The molecule has 0 aliphatic heterocycles. The Morgan fingerprint density at radius 1 is 0.821 bits per heavy atom. The van der Waals surface area contributed by atoms with Gasteiger partial charge in [0.25, 0.3) is 0 Å². The lowest BCUT2D eigenvalue weighted by molar-refractivity contribution is 0.468. The van der Waals surface area contributed by atoms with Crippen molar-refractivity contribution in [3.05, 3.63) is 82.6 Å². The van der Waals surface area contributed by atoms with E-state index in [1.54, 1.807) is 12.1 Å². The second kappa shape index (κ2) is 10.3. The predicted molar refractivity (Wildman–Crippen MR) is 114 cm³/mol. The molecular formula is C20H24N2O4S2. The summed E-state index contributed by atoms with van der Waals surface area (Å²) in [6, 6.07) is 18.2. The van der Waals surface area contributed by atoms with Crippen molar-refractivity contribution in [2.45, 2.75) is 6.42 Å². The standard InChI is InChI=1S/C20H24N2O4S2/c1-22(28(25,26)18-14-20-11-6-3-7-12-20)16-8-15-21-27(23,24)17-13-19-9-4-2-5-10-19/h2-7,9-14,17-18,21H,8,15-16H2,1H3/b17-13+,18-14+. The van der Waals surface area contributed by atoms with Gasteiger partial charge in [-0.25, -0.2) is 25.9 Å². The lowest BCUT2D eigenvalue weighted by Gasteiger charge is -2.14. The zero-order chi connectivity index (χ0) is 20.5. The summed E-state index contributed by atoms with van der Waals surface area (Å²) in [5.74, 6) is 0. The molecule has 0 unspecified atom stereocenters. The van der Waals surface area contributed by atoms with E-state index in [-0.39, 0.29) is 13.1 Å². The molecule has 0 saturated heterocycles. The number of hydrogen-bond acceptors (Lipinski definition) is 4. The number of sulfonamides is 2. The monoisotopic (exact) mass is 420 g/mol. The molecule has 8 heteroatoms. The summed E-state index contributed by atoms with van der Waals surface area (Å²) in [5.41, 5.74) is 1.57. The molecule has 0 fully saturated rings. The van der Waals surface area contributed by atoms with Gasteiger partial charge >= 0.3 is 0 Å². The molecule has 2 aromatic carbocycles. The van der Waals surface area contributed by atoms with Crippen LogP contribution in [0, 0.1) is 0 Å². The van der Waals surface area contributed by atoms with Crippen molar-refractivity contribution in [1.29, 1.82) is 0 Å². The Labute approximate surface area is 167 Å². The summed E-state index contributed by atoms with van der Waals surface area (Å²) in [4.78, 5) is 0. The highest BCUT2D eigenvalue weighted by atomic mass is 32.2. The van der Waals surface area contributed by atoms with Gasteiger partial charge in [0.1, 0.15) is 0 Å². The maximum atomic E-state index is 12.2. The van der Waals surface area contributed by atoms with Crippen LogP contribution in [0.5, 0.6) is 0 Å². The first-order valence-electron chi connectivity index (χ1n) is 8.71. The van der Waals surface area contributed by atoms with Crippen LogP contribution >= 0.6 is 0 Å². The largest absolute Gasteiger partial charge is 0.235 e. The zero-order valence-corrected chi connectivity index (χ0v) is 17.2. The molecule has 1 N–H and O–H groups in total. The van der Waals surface area contributed by atoms with Crippen LogP contribution < -0.4 is 4.72 Å². The third kappa shape index (κ3) is 7.77. The van der Waals surface area contributed by atoms with Crippen molar-refractivity contribution >= 4 is 32.2 Å². The van der Waals surface area contributed by atoms with Gasteiger partial charge < -0.3 is 0 Å². The molecule has 0 bridgehead atoms. The molecule has 0 atom stereocenters. The highest BCUT2D eigenvalue weighted by Gasteiger charge is 2.14. The Morgan fingerprint density at radius 2 is 1.32 bits per heavy atom. The summed E-state index contributed by atoms with van der Waals surface area (Å²) in [6.07, 6.45) is 3.39. The topological polar surface area (TPSA) is 83.6 Å². The number of benzene rings is 2. The molecule has 28 heavy (non-hydrogen) atoms. The quantitative estimate of drug-likeness (QED) is 0.599. The van der Waals surface area contributed by atoms with E-state index in [1.807, 2.05) is 48.5 Å². The minimum Gasteiger partial charge on any atom is -0.212 e. The van der Waals surface area contributed by atoms with Crippen LogP contribution in [0.15, 0.2) is 71.5 Å². The van der Waals surface area contributed by atoms with E-state index in [9.17, 15) is 16.8 Å². The van der Waals surface area contributed by atoms with Crippen LogP contribution in [0.4, 0.5) is 0 Å². The van der Waals surface area contributed by atoms with Gasteiger partial charge in [0.2, 0.25) is 20.0 Å². The first kappa shape index (κ1) is 22.0. The van der Waals surface area contributed by atoms with Gasteiger partial charge in [-0.15, -0.1) is 0 Å². The van der Waals surface area contributed by atoms with Crippen molar-refractivity contribution in [2.75, 3.05) is 20.1 Å². The molecule has 6 nitrogen and oxygen atoms in total. The van der Waals surface area contributed by atoms with Gasteiger partial charge in [-0.1, -0.05) is 60.7 Å². The molecule has 0 radical (unpaired) electrons. The van der Waals surface area contributed by atoms with Crippen LogP contribution in [0.3, 0.4) is 0 Å². The van der Waals surface area contributed by atoms with E-state index < -0.39 is 20.0 Å². The Balaban J connectivity index is 1.80. The Bertz CT molecular complexity index is 1000. The zero-order valence-electron chi connectivity index (χ0n) is 15.6. The van der Waals surface area contributed by atoms with E-state index in [1.165, 1.54) is 23.5 Å². The van der Waals surface area contributed by atoms with Gasteiger partial charge in [0.15, 0.2) is 0 Å². The number of rotatable bonds is 10. The average Bonchev–Trinajstić information content (AvgIpc) is 2.70. The normalized spacial score (nSPS) is 12.9. The lowest BCUT2D eigenvalue weighted by Crippen LogP contribution is -2.30. The highest BCUT2D eigenvalue weighted by molar-refractivity contribution is 7.92. The van der Waals surface area contributed by atoms with Crippen molar-refractivity contribution in [3.63, 3.8) is 0 Å². The fraction of sp³-hybridized carbons (Fsp3) is 0.200. The van der Waals surface area contributed by atoms with Gasteiger partial charge in [-0.05, 0) is 29.7 Å². The summed E-state index contributed by atoms with van der Waals surface area (Å²) in [6.45, 7) is 0.343. The third-order valence-corrected chi connectivity index (χ3v) is 6.49. The summed E-state index contributed by atoms with van der Waals surface area (Å²) in [7, 11) is -5.66. The fourth-order valence-electron chi connectivity index (χ4n) is 2.26.